The molecule has 2 aromatic carbocycles. The maximum atomic E-state index is 12.4. The van der Waals surface area contributed by atoms with Crippen molar-refractivity contribution in [2.24, 2.45) is 0 Å². The molecule has 0 aliphatic carbocycles. The van der Waals surface area contributed by atoms with E-state index in [1.54, 1.807) is 42.6 Å². The number of amides is 1. The predicted octanol–water partition coefficient (Wildman–Crippen LogP) is 4.41. The van der Waals surface area contributed by atoms with Crippen molar-refractivity contribution in [3.63, 3.8) is 0 Å². The van der Waals surface area contributed by atoms with Gasteiger partial charge in [-0.15, -0.1) is 0 Å². The van der Waals surface area contributed by atoms with Gasteiger partial charge in [0.25, 0.3) is 11.5 Å². The van der Waals surface area contributed by atoms with Gasteiger partial charge in [0.1, 0.15) is 23.8 Å². The van der Waals surface area contributed by atoms with Crippen molar-refractivity contribution in [3.05, 3.63) is 101 Å². The van der Waals surface area contributed by atoms with Crippen molar-refractivity contribution in [2.45, 2.75) is 26.4 Å². The van der Waals surface area contributed by atoms with Crippen molar-refractivity contribution >= 4 is 17.2 Å². The van der Waals surface area contributed by atoms with Gasteiger partial charge >= 0.3 is 0 Å². The fourth-order valence-electron chi connectivity index (χ4n) is 3.43. The van der Waals surface area contributed by atoms with Gasteiger partial charge in [0.2, 0.25) is 0 Å². The van der Waals surface area contributed by atoms with Gasteiger partial charge in [-0.3, -0.25) is 14.0 Å². The maximum absolute atomic E-state index is 12.4. The third-order valence-electron chi connectivity index (χ3n) is 5.03. The number of nitrogens with zero attached hydrogens (tertiary/aromatic N) is 2. The van der Waals surface area contributed by atoms with Crippen LogP contribution in [0.25, 0.3) is 5.65 Å². The number of para-hydroxylation sites is 1. The lowest BCUT2D eigenvalue weighted by molar-refractivity contribution is -0.118. The van der Waals surface area contributed by atoms with Crippen LogP contribution in [-0.4, -0.2) is 21.9 Å². The van der Waals surface area contributed by atoms with Crippen LogP contribution in [0.1, 0.15) is 31.0 Å². The summed E-state index contributed by atoms with van der Waals surface area (Å²) in [6.45, 7) is 4.20. The average molecular weight is 444 g/mol. The Morgan fingerprint density at radius 3 is 2.67 bits per heavy atom. The number of pyridine rings is 1. The van der Waals surface area contributed by atoms with Crippen LogP contribution in [0.2, 0.25) is 0 Å². The van der Waals surface area contributed by atoms with E-state index in [9.17, 15) is 9.59 Å². The molecule has 2 heterocycles. The van der Waals surface area contributed by atoms with Gasteiger partial charge in [-0.05, 0) is 41.8 Å². The normalized spacial score (nSPS) is 10.9. The molecule has 0 spiro atoms. The van der Waals surface area contributed by atoms with E-state index in [2.05, 4.69) is 24.1 Å². The number of hydrogen-bond donors (Lipinski definition) is 1. The summed E-state index contributed by atoms with van der Waals surface area (Å²) in [5.74, 6) is 1.29. The van der Waals surface area contributed by atoms with Crippen LogP contribution in [-0.2, 0) is 11.4 Å². The summed E-state index contributed by atoms with van der Waals surface area (Å²) in [7, 11) is 0. The fourth-order valence-corrected chi connectivity index (χ4v) is 3.43. The van der Waals surface area contributed by atoms with Crippen molar-refractivity contribution in [1.82, 2.24) is 9.38 Å². The predicted molar refractivity (Wildman–Crippen MR) is 127 cm³/mol. The summed E-state index contributed by atoms with van der Waals surface area (Å²) in [5, 5.41) is 2.82. The number of aromatic nitrogens is 2. The Kier molecular flexibility index (Phi) is 6.69. The van der Waals surface area contributed by atoms with E-state index >= 15 is 0 Å². The molecular formula is C26H25N3O4. The second kappa shape index (κ2) is 9.99. The standard InChI is InChI=1S/C26H25N3O4/c1-18(2)22-10-3-4-11-23(22)33-17-25(30)28-19-8-7-9-21(14-19)32-16-20-15-26(31)29-13-6-5-12-24(29)27-20/h3-15,18H,16-17H2,1-2H3,(H,28,30). The third kappa shape index (κ3) is 5.57. The summed E-state index contributed by atoms with van der Waals surface area (Å²) < 4.78 is 13.0. The van der Waals surface area contributed by atoms with E-state index in [1.165, 1.54) is 10.5 Å². The van der Waals surface area contributed by atoms with E-state index in [4.69, 9.17) is 9.47 Å². The molecular weight excluding hydrogens is 418 g/mol. The van der Waals surface area contributed by atoms with Crippen LogP contribution in [0.3, 0.4) is 0 Å². The van der Waals surface area contributed by atoms with E-state index in [0.717, 1.165) is 5.56 Å². The van der Waals surface area contributed by atoms with Crippen LogP contribution < -0.4 is 20.3 Å². The van der Waals surface area contributed by atoms with Crippen molar-refractivity contribution < 1.29 is 14.3 Å². The van der Waals surface area contributed by atoms with Crippen LogP contribution in [0.15, 0.2) is 83.8 Å². The molecule has 0 atom stereocenters. The van der Waals surface area contributed by atoms with Crippen LogP contribution in [0, 0.1) is 0 Å². The molecule has 0 aliphatic rings. The van der Waals surface area contributed by atoms with Gasteiger partial charge in [-0.1, -0.05) is 44.2 Å². The minimum absolute atomic E-state index is 0.0974. The highest BCUT2D eigenvalue weighted by atomic mass is 16.5. The monoisotopic (exact) mass is 443 g/mol. The Balaban J connectivity index is 1.36. The minimum Gasteiger partial charge on any atom is -0.487 e. The summed E-state index contributed by atoms with van der Waals surface area (Å²) in [5.41, 5.74) is 2.56. The molecule has 4 aromatic rings. The molecule has 0 radical (unpaired) electrons. The summed E-state index contributed by atoms with van der Waals surface area (Å²) in [4.78, 5) is 29.1. The van der Waals surface area contributed by atoms with Gasteiger partial charge in [0.05, 0.1) is 5.69 Å². The molecule has 33 heavy (non-hydrogen) atoms. The van der Waals surface area contributed by atoms with Crippen LogP contribution in [0.5, 0.6) is 11.5 Å². The fraction of sp³-hybridized carbons (Fsp3) is 0.192. The van der Waals surface area contributed by atoms with Crippen molar-refractivity contribution in [3.8, 4) is 11.5 Å². The molecule has 0 saturated carbocycles. The molecule has 0 fully saturated rings. The van der Waals surface area contributed by atoms with Gasteiger partial charge in [-0.2, -0.15) is 0 Å². The lowest BCUT2D eigenvalue weighted by Gasteiger charge is -2.14. The number of ether oxygens (including phenoxy) is 2. The zero-order valence-corrected chi connectivity index (χ0v) is 18.5. The number of nitrogens with one attached hydrogen (secondary N) is 1. The van der Waals surface area contributed by atoms with E-state index in [1.807, 2.05) is 30.3 Å². The van der Waals surface area contributed by atoms with E-state index in [-0.39, 0.29) is 24.7 Å². The second-order valence-corrected chi connectivity index (χ2v) is 7.86. The quantitative estimate of drug-likeness (QED) is 0.436. The first-order valence-corrected chi connectivity index (χ1v) is 10.7. The zero-order valence-electron chi connectivity index (χ0n) is 18.5. The molecule has 0 unspecified atom stereocenters. The highest BCUT2D eigenvalue weighted by molar-refractivity contribution is 5.92. The number of carbonyl (C=O) groups is 1. The summed E-state index contributed by atoms with van der Waals surface area (Å²) in [6, 6.07) is 21.6. The summed E-state index contributed by atoms with van der Waals surface area (Å²) in [6.07, 6.45) is 1.67. The third-order valence-corrected chi connectivity index (χ3v) is 5.03. The number of carbonyl (C=O) groups excluding carboxylic acids is 1. The highest BCUT2D eigenvalue weighted by Gasteiger charge is 2.10. The van der Waals surface area contributed by atoms with Crippen LogP contribution in [0.4, 0.5) is 5.69 Å². The number of anilines is 1. The second-order valence-electron chi connectivity index (χ2n) is 7.86. The number of hydrogen-bond acceptors (Lipinski definition) is 5. The number of benzene rings is 2. The van der Waals surface area contributed by atoms with Gasteiger partial charge in [-0.25, -0.2) is 4.98 Å². The highest BCUT2D eigenvalue weighted by Crippen LogP contribution is 2.26. The largest absolute Gasteiger partial charge is 0.487 e. The van der Waals surface area contributed by atoms with Crippen molar-refractivity contribution in [2.75, 3.05) is 11.9 Å². The Morgan fingerprint density at radius 2 is 1.82 bits per heavy atom. The smallest absolute Gasteiger partial charge is 0.262 e. The number of fused-ring (bicyclic) bond motifs is 1. The molecule has 0 aliphatic heterocycles. The molecule has 4 rings (SSSR count). The molecule has 0 saturated heterocycles. The zero-order chi connectivity index (χ0) is 23.2. The minimum atomic E-state index is -0.269. The Morgan fingerprint density at radius 1 is 1.00 bits per heavy atom. The van der Waals surface area contributed by atoms with E-state index in [0.29, 0.717) is 34.4 Å². The molecule has 1 amide bonds. The molecule has 7 nitrogen and oxygen atoms in total. The first kappa shape index (κ1) is 22.1. The first-order chi connectivity index (χ1) is 16.0. The average Bonchev–Trinajstić information content (AvgIpc) is 2.82. The van der Waals surface area contributed by atoms with Gasteiger partial charge in [0, 0.05) is 24.0 Å². The Hall–Kier alpha value is -4.13. The molecule has 7 heteroatoms. The van der Waals surface area contributed by atoms with Crippen molar-refractivity contribution in [1.29, 1.82) is 0 Å². The number of rotatable bonds is 8. The molecule has 2 aromatic heterocycles. The van der Waals surface area contributed by atoms with E-state index < -0.39 is 0 Å². The topological polar surface area (TPSA) is 81.9 Å². The first-order valence-electron chi connectivity index (χ1n) is 10.7. The summed E-state index contributed by atoms with van der Waals surface area (Å²) >= 11 is 0. The molecule has 0 bridgehead atoms. The SMILES string of the molecule is CC(C)c1ccccc1OCC(=O)Nc1cccc(OCc2cc(=O)n3ccccc3n2)c1. The molecule has 1 N–H and O–H groups in total. The van der Waals surface area contributed by atoms with Crippen LogP contribution >= 0.6 is 0 Å². The van der Waals surface area contributed by atoms with Gasteiger partial charge < -0.3 is 14.8 Å². The Bertz CT molecular complexity index is 1330. The lowest BCUT2D eigenvalue weighted by atomic mass is 10.0. The Labute approximate surface area is 191 Å². The lowest BCUT2D eigenvalue weighted by Crippen LogP contribution is -2.20. The maximum Gasteiger partial charge on any atom is 0.262 e. The molecule has 168 valence electrons. The van der Waals surface area contributed by atoms with Gasteiger partial charge in [0.15, 0.2) is 6.61 Å².